The third-order valence-electron chi connectivity index (χ3n) is 5.22. The average Bonchev–Trinajstić information content (AvgIpc) is 3.40. The van der Waals surface area contributed by atoms with Gasteiger partial charge in [-0.15, -0.1) is 24.0 Å². The standard InChI is InChI=1S/C19H31N5O3.HI/c1-3-26-19(25)24-12-10-23(11-13-24)18(20-2)21-15-16(17-7-6-14-27-17)22-8-4-5-9-22;/h6-7,14,16H,3-5,8-13,15H2,1-2H3,(H,20,21);1H. The summed E-state index contributed by atoms with van der Waals surface area (Å²) in [6.45, 7) is 7.97. The first-order valence-corrected chi connectivity index (χ1v) is 9.87. The van der Waals surface area contributed by atoms with Crippen molar-refractivity contribution in [3.05, 3.63) is 24.2 Å². The van der Waals surface area contributed by atoms with Crippen LogP contribution in [0.25, 0.3) is 0 Å². The summed E-state index contributed by atoms with van der Waals surface area (Å²) < 4.78 is 10.8. The second-order valence-electron chi connectivity index (χ2n) is 6.88. The van der Waals surface area contributed by atoms with Gasteiger partial charge >= 0.3 is 6.09 Å². The van der Waals surface area contributed by atoms with Gasteiger partial charge in [-0.2, -0.15) is 0 Å². The molecule has 1 unspecified atom stereocenters. The number of rotatable bonds is 5. The second kappa shape index (κ2) is 11.5. The summed E-state index contributed by atoms with van der Waals surface area (Å²) in [5.74, 6) is 1.86. The molecular formula is C19H32IN5O3. The first-order valence-electron chi connectivity index (χ1n) is 9.87. The van der Waals surface area contributed by atoms with E-state index >= 15 is 0 Å². The van der Waals surface area contributed by atoms with Crippen molar-refractivity contribution in [2.24, 2.45) is 4.99 Å². The molecular weight excluding hydrogens is 473 g/mol. The van der Waals surface area contributed by atoms with Gasteiger partial charge in [0, 0.05) is 39.8 Å². The lowest BCUT2D eigenvalue weighted by atomic mass is 10.2. The van der Waals surface area contributed by atoms with Crippen molar-refractivity contribution >= 4 is 36.0 Å². The Morgan fingerprint density at radius 1 is 1.21 bits per heavy atom. The van der Waals surface area contributed by atoms with E-state index in [9.17, 15) is 4.79 Å². The van der Waals surface area contributed by atoms with E-state index in [2.05, 4.69) is 20.1 Å². The summed E-state index contributed by atoms with van der Waals surface area (Å²) in [5.41, 5.74) is 0. The zero-order valence-electron chi connectivity index (χ0n) is 16.8. The Morgan fingerprint density at radius 2 is 1.89 bits per heavy atom. The van der Waals surface area contributed by atoms with Crippen molar-refractivity contribution in [1.82, 2.24) is 20.0 Å². The topological polar surface area (TPSA) is 73.5 Å². The minimum Gasteiger partial charge on any atom is -0.468 e. The molecule has 9 heteroatoms. The highest BCUT2D eigenvalue weighted by molar-refractivity contribution is 14.0. The maximum Gasteiger partial charge on any atom is 0.409 e. The smallest absolute Gasteiger partial charge is 0.409 e. The van der Waals surface area contributed by atoms with Crippen LogP contribution in [-0.2, 0) is 4.74 Å². The van der Waals surface area contributed by atoms with Gasteiger partial charge in [0.1, 0.15) is 5.76 Å². The summed E-state index contributed by atoms with van der Waals surface area (Å²) >= 11 is 0. The molecule has 2 fully saturated rings. The number of piperazine rings is 1. The van der Waals surface area contributed by atoms with Crippen LogP contribution < -0.4 is 5.32 Å². The van der Waals surface area contributed by atoms with E-state index in [0.717, 1.165) is 44.4 Å². The zero-order valence-corrected chi connectivity index (χ0v) is 19.1. The van der Waals surface area contributed by atoms with Gasteiger partial charge in [0.05, 0.1) is 18.9 Å². The SMILES string of the molecule is CCOC(=O)N1CCN(C(=NC)NCC(c2ccco2)N2CCCC2)CC1.I. The molecule has 0 bridgehead atoms. The molecule has 28 heavy (non-hydrogen) atoms. The van der Waals surface area contributed by atoms with E-state index < -0.39 is 0 Å². The van der Waals surface area contributed by atoms with E-state index in [1.54, 1.807) is 18.2 Å². The number of carbonyl (C=O) groups is 1. The second-order valence-corrected chi connectivity index (χ2v) is 6.88. The fourth-order valence-electron chi connectivity index (χ4n) is 3.78. The van der Waals surface area contributed by atoms with Crippen LogP contribution in [0.15, 0.2) is 27.8 Å². The highest BCUT2D eigenvalue weighted by Gasteiger charge is 2.27. The maximum atomic E-state index is 11.9. The van der Waals surface area contributed by atoms with E-state index in [1.807, 2.05) is 19.1 Å². The fourth-order valence-corrected chi connectivity index (χ4v) is 3.78. The van der Waals surface area contributed by atoms with E-state index in [0.29, 0.717) is 19.7 Å². The van der Waals surface area contributed by atoms with Crippen LogP contribution in [0.3, 0.4) is 0 Å². The Balaban J connectivity index is 0.00000280. The zero-order chi connectivity index (χ0) is 19.1. The number of hydrogen-bond acceptors (Lipinski definition) is 5. The van der Waals surface area contributed by atoms with Crippen LogP contribution in [0.5, 0.6) is 0 Å². The number of amides is 1. The number of guanidine groups is 1. The molecule has 1 aromatic rings. The van der Waals surface area contributed by atoms with Crippen molar-refractivity contribution in [2.75, 3.05) is 59.5 Å². The molecule has 1 atom stereocenters. The molecule has 8 nitrogen and oxygen atoms in total. The van der Waals surface area contributed by atoms with E-state index in [-0.39, 0.29) is 36.1 Å². The molecule has 2 aliphatic rings. The summed E-state index contributed by atoms with van der Waals surface area (Å²) in [6, 6.07) is 4.20. The van der Waals surface area contributed by atoms with Crippen LogP contribution in [-0.4, -0.2) is 86.2 Å². The Labute approximate surface area is 184 Å². The van der Waals surface area contributed by atoms with Gasteiger partial charge in [-0.05, 0) is 45.0 Å². The number of halogens is 1. The predicted molar refractivity (Wildman–Crippen MR) is 119 cm³/mol. The molecule has 0 spiro atoms. The van der Waals surface area contributed by atoms with Crippen LogP contribution in [0, 0.1) is 0 Å². The van der Waals surface area contributed by atoms with Crippen LogP contribution in [0.2, 0.25) is 0 Å². The molecule has 1 N–H and O–H groups in total. The Kier molecular flexibility index (Phi) is 9.36. The first kappa shape index (κ1) is 22.8. The van der Waals surface area contributed by atoms with E-state index in [1.165, 1.54) is 12.8 Å². The molecule has 0 aliphatic carbocycles. The van der Waals surface area contributed by atoms with Gasteiger partial charge < -0.3 is 24.3 Å². The molecule has 1 aromatic heterocycles. The van der Waals surface area contributed by atoms with Crippen LogP contribution in [0.4, 0.5) is 4.79 Å². The number of likely N-dealkylation sites (tertiary alicyclic amines) is 1. The van der Waals surface area contributed by atoms with Gasteiger partial charge in [-0.1, -0.05) is 0 Å². The molecule has 2 aliphatic heterocycles. The van der Waals surface area contributed by atoms with Crippen molar-refractivity contribution in [2.45, 2.75) is 25.8 Å². The third kappa shape index (κ3) is 5.76. The fraction of sp³-hybridized carbons (Fsp3) is 0.684. The highest BCUT2D eigenvalue weighted by Crippen LogP contribution is 2.25. The lowest BCUT2D eigenvalue weighted by Gasteiger charge is -2.36. The van der Waals surface area contributed by atoms with Gasteiger partial charge in [0.25, 0.3) is 0 Å². The molecule has 2 saturated heterocycles. The quantitative estimate of drug-likeness (QED) is 0.377. The monoisotopic (exact) mass is 505 g/mol. The van der Waals surface area contributed by atoms with Crippen molar-refractivity contribution in [3.63, 3.8) is 0 Å². The molecule has 158 valence electrons. The number of nitrogens with zero attached hydrogens (tertiary/aromatic N) is 4. The number of carbonyl (C=O) groups excluding carboxylic acids is 1. The normalized spacial score (nSPS) is 19.3. The number of aliphatic imine (C=N–C) groups is 1. The number of nitrogens with one attached hydrogen (secondary N) is 1. The van der Waals surface area contributed by atoms with Crippen molar-refractivity contribution in [1.29, 1.82) is 0 Å². The molecule has 1 amide bonds. The number of furan rings is 1. The number of ether oxygens (including phenoxy) is 1. The largest absolute Gasteiger partial charge is 0.468 e. The van der Waals surface area contributed by atoms with Gasteiger partial charge in [0.15, 0.2) is 5.96 Å². The van der Waals surface area contributed by atoms with Gasteiger partial charge in [-0.3, -0.25) is 9.89 Å². The minimum absolute atomic E-state index is 0. The van der Waals surface area contributed by atoms with Crippen LogP contribution in [0.1, 0.15) is 31.6 Å². The average molecular weight is 505 g/mol. The molecule has 0 aromatic carbocycles. The summed E-state index contributed by atoms with van der Waals surface area (Å²) in [6.07, 6.45) is 3.98. The Bertz CT molecular complexity index is 611. The van der Waals surface area contributed by atoms with Crippen LogP contribution >= 0.6 is 24.0 Å². The molecule has 3 rings (SSSR count). The van der Waals surface area contributed by atoms with E-state index in [4.69, 9.17) is 9.15 Å². The predicted octanol–water partition coefficient (Wildman–Crippen LogP) is 2.38. The summed E-state index contributed by atoms with van der Waals surface area (Å²) in [7, 11) is 1.80. The minimum atomic E-state index is -0.230. The lowest BCUT2D eigenvalue weighted by molar-refractivity contribution is 0.0913. The maximum absolute atomic E-state index is 11.9. The van der Waals surface area contributed by atoms with Crippen molar-refractivity contribution in [3.8, 4) is 0 Å². The third-order valence-corrected chi connectivity index (χ3v) is 5.22. The number of hydrogen-bond donors (Lipinski definition) is 1. The van der Waals surface area contributed by atoms with Gasteiger partial charge in [0.2, 0.25) is 0 Å². The van der Waals surface area contributed by atoms with Crippen molar-refractivity contribution < 1.29 is 13.9 Å². The molecule has 3 heterocycles. The lowest BCUT2D eigenvalue weighted by Crippen LogP contribution is -2.54. The first-order chi connectivity index (χ1) is 13.2. The Hall–Kier alpha value is -1.49. The summed E-state index contributed by atoms with van der Waals surface area (Å²) in [4.78, 5) is 22.7. The molecule has 0 radical (unpaired) electrons. The molecule has 0 saturated carbocycles. The van der Waals surface area contributed by atoms with Gasteiger partial charge in [-0.25, -0.2) is 4.79 Å². The Morgan fingerprint density at radius 3 is 2.46 bits per heavy atom. The summed E-state index contributed by atoms with van der Waals surface area (Å²) in [5, 5.41) is 3.51. The highest BCUT2D eigenvalue weighted by atomic mass is 127.